The van der Waals surface area contributed by atoms with E-state index < -0.39 is 0 Å². The molecule has 0 N–H and O–H groups in total. The van der Waals surface area contributed by atoms with Crippen molar-refractivity contribution in [3.63, 3.8) is 0 Å². The number of nitrogens with zero attached hydrogens (tertiary/aromatic N) is 3. The van der Waals surface area contributed by atoms with Crippen molar-refractivity contribution in [2.75, 3.05) is 6.61 Å². The van der Waals surface area contributed by atoms with Crippen molar-refractivity contribution in [1.29, 1.82) is 0 Å². The zero-order chi connectivity index (χ0) is 23.3. The van der Waals surface area contributed by atoms with E-state index in [1.807, 2.05) is 54.6 Å². The molecule has 0 unspecified atom stereocenters. The van der Waals surface area contributed by atoms with Gasteiger partial charge in [0, 0.05) is 23.0 Å². The summed E-state index contributed by atoms with van der Waals surface area (Å²) in [6.45, 7) is 0.222. The minimum atomic E-state index is -0.0942. The van der Waals surface area contributed by atoms with Gasteiger partial charge in [-0.1, -0.05) is 60.1 Å². The van der Waals surface area contributed by atoms with Gasteiger partial charge in [-0.3, -0.25) is 4.79 Å². The maximum absolute atomic E-state index is 13.1. The minimum Gasteiger partial charge on any atom is -0.483 e. The average molecular weight is 474 g/mol. The Balaban J connectivity index is 1.24. The van der Waals surface area contributed by atoms with E-state index in [0.717, 1.165) is 36.1 Å². The van der Waals surface area contributed by atoms with Gasteiger partial charge in [0.05, 0.1) is 6.54 Å². The van der Waals surface area contributed by atoms with Crippen LogP contribution in [-0.2, 0) is 17.8 Å². The molecule has 0 radical (unpaired) electrons. The molecule has 6 nitrogen and oxygen atoms in total. The van der Waals surface area contributed by atoms with E-state index in [1.165, 1.54) is 5.56 Å². The number of halogens is 1. The van der Waals surface area contributed by atoms with Gasteiger partial charge < -0.3 is 14.1 Å². The largest absolute Gasteiger partial charge is 0.483 e. The van der Waals surface area contributed by atoms with Gasteiger partial charge in [-0.25, -0.2) is 0 Å². The van der Waals surface area contributed by atoms with Crippen LogP contribution < -0.4 is 4.74 Å². The van der Waals surface area contributed by atoms with Crippen LogP contribution >= 0.6 is 11.6 Å². The van der Waals surface area contributed by atoms with Crippen molar-refractivity contribution in [2.45, 2.75) is 31.8 Å². The molecule has 0 bridgehead atoms. The molecule has 1 amide bonds. The molecule has 172 valence electrons. The lowest BCUT2D eigenvalue weighted by molar-refractivity contribution is -0.134. The maximum atomic E-state index is 13.1. The first-order chi connectivity index (χ1) is 16.7. The second-order valence-electron chi connectivity index (χ2n) is 8.32. The summed E-state index contributed by atoms with van der Waals surface area (Å²) in [6, 6.07) is 25.4. The standard InChI is InChI=1S/C27H24ClN3O3/c28-22-12-10-20(11-13-22)27-30-29-25(34-27)17-31(23-14-15-23)26(32)18-33-24-9-5-4-8-21(24)16-19-6-2-1-3-7-19/h1-13,23H,14-18H2. The molecule has 1 aliphatic carbocycles. The molecule has 1 aromatic heterocycles. The van der Waals surface area contributed by atoms with Gasteiger partial charge in [-0.2, -0.15) is 0 Å². The van der Waals surface area contributed by atoms with E-state index in [2.05, 4.69) is 22.3 Å². The van der Waals surface area contributed by atoms with Gasteiger partial charge in [0.1, 0.15) is 5.75 Å². The fourth-order valence-electron chi connectivity index (χ4n) is 3.81. The van der Waals surface area contributed by atoms with E-state index in [-0.39, 0.29) is 25.1 Å². The van der Waals surface area contributed by atoms with Crippen molar-refractivity contribution in [3.8, 4) is 17.2 Å². The molecular weight excluding hydrogens is 450 g/mol. The van der Waals surface area contributed by atoms with Gasteiger partial charge in [0.25, 0.3) is 5.91 Å². The Morgan fingerprint density at radius 1 is 0.971 bits per heavy atom. The number of para-hydroxylation sites is 1. The SMILES string of the molecule is O=C(COc1ccccc1Cc1ccccc1)N(Cc1nnc(-c2ccc(Cl)cc2)o1)C1CC1. The van der Waals surface area contributed by atoms with Gasteiger partial charge >= 0.3 is 0 Å². The summed E-state index contributed by atoms with van der Waals surface area (Å²) in [5.74, 6) is 1.43. The Morgan fingerprint density at radius 2 is 1.71 bits per heavy atom. The molecule has 7 heteroatoms. The third-order valence-corrected chi connectivity index (χ3v) is 5.98. The molecule has 1 saturated carbocycles. The highest BCUT2D eigenvalue weighted by atomic mass is 35.5. The molecule has 4 aromatic rings. The van der Waals surface area contributed by atoms with Crippen LogP contribution in [-0.4, -0.2) is 33.7 Å². The zero-order valence-electron chi connectivity index (χ0n) is 18.6. The Morgan fingerprint density at radius 3 is 2.47 bits per heavy atom. The Labute approximate surface area is 203 Å². The number of hydrogen-bond donors (Lipinski definition) is 0. The molecule has 1 aliphatic rings. The van der Waals surface area contributed by atoms with Gasteiger partial charge in [0.15, 0.2) is 6.61 Å². The van der Waals surface area contributed by atoms with Crippen molar-refractivity contribution in [3.05, 3.63) is 101 Å². The lowest BCUT2D eigenvalue weighted by Gasteiger charge is -2.21. The molecule has 0 saturated heterocycles. The molecular formula is C27H24ClN3O3. The quantitative estimate of drug-likeness (QED) is 0.319. The van der Waals surface area contributed by atoms with Crippen LogP contribution in [0.4, 0.5) is 0 Å². The highest BCUT2D eigenvalue weighted by molar-refractivity contribution is 6.30. The minimum absolute atomic E-state index is 0.0412. The number of carbonyl (C=O) groups excluding carboxylic acids is 1. The summed E-state index contributed by atoms with van der Waals surface area (Å²) in [4.78, 5) is 14.9. The lowest BCUT2D eigenvalue weighted by atomic mass is 10.0. The fourth-order valence-corrected chi connectivity index (χ4v) is 3.93. The number of aromatic nitrogens is 2. The predicted molar refractivity (Wildman–Crippen MR) is 130 cm³/mol. The summed E-state index contributed by atoms with van der Waals surface area (Å²) in [5.41, 5.74) is 3.02. The molecule has 1 heterocycles. The maximum Gasteiger partial charge on any atom is 0.261 e. The number of benzene rings is 3. The van der Waals surface area contributed by atoms with Crippen LogP contribution in [0.25, 0.3) is 11.5 Å². The molecule has 0 atom stereocenters. The van der Waals surface area contributed by atoms with Crippen molar-refractivity contribution in [1.82, 2.24) is 15.1 Å². The Bertz CT molecular complexity index is 1250. The topological polar surface area (TPSA) is 68.5 Å². The fraction of sp³-hybridized carbons (Fsp3) is 0.222. The molecule has 3 aromatic carbocycles. The van der Waals surface area contributed by atoms with E-state index in [1.54, 1.807) is 17.0 Å². The van der Waals surface area contributed by atoms with E-state index in [9.17, 15) is 4.79 Å². The molecule has 1 fully saturated rings. The third kappa shape index (κ3) is 5.46. The van der Waals surface area contributed by atoms with Gasteiger partial charge in [-0.05, 0) is 54.3 Å². The summed E-state index contributed by atoms with van der Waals surface area (Å²) < 4.78 is 11.8. The van der Waals surface area contributed by atoms with Crippen LogP contribution in [0.15, 0.2) is 83.3 Å². The van der Waals surface area contributed by atoms with Crippen molar-refractivity contribution in [2.24, 2.45) is 0 Å². The number of hydrogen-bond acceptors (Lipinski definition) is 5. The second-order valence-corrected chi connectivity index (χ2v) is 8.76. The third-order valence-electron chi connectivity index (χ3n) is 5.73. The number of carbonyl (C=O) groups is 1. The summed E-state index contributed by atoms with van der Waals surface area (Å²) in [6.07, 6.45) is 2.68. The van der Waals surface area contributed by atoms with Crippen LogP contribution in [0.1, 0.15) is 29.9 Å². The van der Waals surface area contributed by atoms with Crippen LogP contribution in [0.3, 0.4) is 0 Å². The predicted octanol–water partition coefficient (Wildman–Crippen LogP) is 5.55. The van der Waals surface area contributed by atoms with E-state index in [0.29, 0.717) is 16.8 Å². The summed E-state index contributed by atoms with van der Waals surface area (Å²) in [7, 11) is 0. The number of rotatable bonds is 9. The molecule has 5 rings (SSSR count). The smallest absolute Gasteiger partial charge is 0.261 e. The van der Waals surface area contributed by atoms with Gasteiger partial charge in [-0.15, -0.1) is 10.2 Å². The first-order valence-corrected chi connectivity index (χ1v) is 11.7. The number of amides is 1. The second kappa shape index (κ2) is 10.1. The van der Waals surface area contributed by atoms with E-state index in [4.69, 9.17) is 20.8 Å². The molecule has 0 aliphatic heterocycles. The first-order valence-electron chi connectivity index (χ1n) is 11.3. The lowest BCUT2D eigenvalue weighted by Crippen LogP contribution is -2.36. The Hall–Kier alpha value is -3.64. The average Bonchev–Trinajstić information content (AvgIpc) is 3.60. The van der Waals surface area contributed by atoms with E-state index >= 15 is 0 Å². The zero-order valence-corrected chi connectivity index (χ0v) is 19.3. The van der Waals surface area contributed by atoms with Gasteiger partial charge in [0.2, 0.25) is 11.8 Å². The normalized spacial score (nSPS) is 13.0. The monoisotopic (exact) mass is 473 g/mol. The summed E-state index contributed by atoms with van der Waals surface area (Å²) >= 11 is 5.95. The number of ether oxygens (including phenoxy) is 1. The van der Waals surface area contributed by atoms with Crippen LogP contribution in [0.2, 0.25) is 5.02 Å². The highest BCUT2D eigenvalue weighted by Crippen LogP contribution is 2.29. The molecule has 0 spiro atoms. The first kappa shape index (κ1) is 22.2. The van der Waals surface area contributed by atoms with Crippen molar-refractivity contribution < 1.29 is 13.9 Å². The van der Waals surface area contributed by atoms with Crippen LogP contribution in [0, 0.1) is 0 Å². The summed E-state index contributed by atoms with van der Waals surface area (Å²) in [5, 5.41) is 8.90. The van der Waals surface area contributed by atoms with Crippen LogP contribution in [0.5, 0.6) is 5.75 Å². The van der Waals surface area contributed by atoms with Crippen molar-refractivity contribution >= 4 is 17.5 Å². The Kier molecular flexibility index (Phi) is 6.58. The molecule has 34 heavy (non-hydrogen) atoms. The highest BCUT2D eigenvalue weighted by Gasteiger charge is 2.34.